The summed E-state index contributed by atoms with van der Waals surface area (Å²) < 4.78 is 48.5. The molecule has 135 heavy (non-hydrogen) atoms. The van der Waals surface area contributed by atoms with Gasteiger partial charge in [-0.2, -0.15) is 0 Å². The van der Waals surface area contributed by atoms with Crippen molar-refractivity contribution in [3.8, 4) is 56.3 Å². The number of carboxylic acid groups (broad SMARTS) is 1. The first-order valence-electron chi connectivity index (χ1n) is 46.1. The van der Waals surface area contributed by atoms with E-state index in [-0.39, 0.29) is 103 Å². The van der Waals surface area contributed by atoms with Crippen molar-refractivity contribution in [1.82, 2.24) is 80.7 Å². The third-order valence-electron chi connectivity index (χ3n) is 26.5. The number of carbonyl (C=O) groups is 9. The maximum Gasteiger partial charge on any atom is 0.410 e. The molecule has 0 bridgehead atoms. The summed E-state index contributed by atoms with van der Waals surface area (Å²) in [5, 5.41) is 23.0. The van der Waals surface area contributed by atoms with Gasteiger partial charge < -0.3 is 104 Å². The molecule has 0 aliphatic carbocycles. The van der Waals surface area contributed by atoms with Crippen LogP contribution in [0.25, 0.3) is 88.4 Å². The molecule has 724 valence electrons. The maximum atomic E-state index is 14.1. The fourth-order valence-corrected chi connectivity index (χ4v) is 19.2. The van der Waals surface area contributed by atoms with Crippen LogP contribution in [0.1, 0.15) is 195 Å². The molecule has 10 aromatic rings. The number of aliphatic carboxylic acids is 1. The van der Waals surface area contributed by atoms with Gasteiger partial charge in [0.1, 0.15) is 77.8 Å². The van der Waals surface area contributed by atoms with E-state index in [9.17, 15) is 43.2 Å². The first-order chi connectivity index (χ1) is 64.0. The number of benzene rings is 6. The van der Waals surface area contributed by atoms with Gasteiger partial charge in [0.05, 0.1) is 112 Å². The van der Waals surface area contributed by atoms with Gasteiger partial charge >= 0.3 is 36.4 Å². The summed E-state index contributed by atoms with van der Waals surface area (Å²) in [7, 11) is 8.42. The predicted octanol–water partition coefficient (Wildman–Crippen LogP) is 16.6. The maximum absolute atomic E-state index is 14.1. The molecular weight excluding hydrogens is 1730 g/mol. The summed E-state index contributed by atoms with van der Waals surface area (Å²) in [4.78, 5) is 154. The van der Waals surface area contributed by atoms with Crippen LogP contribution in [0.4, 0.5) is 24.0 Å². The lowest BCUT2D eigenvalue weighted by Gasteiger charge is -2.30. The van der Waals surface area contributed by atoms with Crippen LogP contribution >= 0.6 is 0 Å². The second-order valence-corrected chi connectivity index (χ2v) is 38.0. The van der Waals surface area contributed by atoms with Crippen LogP contribution in [0.15, 0.2) is 97.3 Å². The van der Waals surface area contributed by atoms with E-state index >= 15 is 0 Å². The predicted molar refractivity (Wildman–Crippen MR) is 509 cm³/mol. The number of nitrogens with one attached hydrogen (secondary N) is 8. The van der Waals surface area contributed by atoms with Crippen molar-refractivity contribution < 1.29 is 90.9 Å². The van der Waals surface area contributed by atoms with E-state index < -0.39 is 60.1 Å². The molecule has 8 amide bonds. The molecule has 6 aliphatic rings. The number of carboxylic acids is 1. The molecule has 4 aromatic heterocycles. The molecule has 10 heterocycles. The number of carbonyl (C=O) groups excluding carboxylic acids is 8. The summed E-state index contributed by atoms with van der Waals surface area (Å²) in [6, 6.07) is 25.2. The largest absolute Gasteiger partial charge is 0.488 e. The van der Waals surface area contributed by atoms with Crippen molar-refractivity contribution >= 4 is 97.8 Å². The molecule has 4 fully saturated rings. The smallest absolute Gasteiger partial charge is 0.410 e. The molecule has 6 aliphatic heterocycles. The van der Waals surface area contributed by atoms with Gasteiger partial charge in [0.2, 0.25) is 17.7 Å². The van der Waals surface area contributed by atoms with Crippen molar-refractivity contribution in [3.63, 3.8) is 0 Å². The first-order valence-corrected chi connectivity index (χ1v) is 46.1. The summed E-state index contributed by atoms with van der Waals surface area (Å²) >= 11 is 0. The van der Waals surface area contributed by atoms with E-state index in [1.807, 2.05) is 102 Å². The molecule has 4 saturated heterocycles. The SMILES string of the molecule is C.CCC(C)[C@H](NC(=O)OC)C(=O)N1C[C@@H](C)CC1c1ncc(-c2ccc3c(c2)COc2cc4c(ccc5[nH]c([C@@H]6C[C@H](COC)CN6C(=O)OC(C)(C)C)nc54)cc2-3)[nH]1.CCC(C)[C@H](NC(=O)OC)C(=O)N1C[C@@H](C)CC1c1ncc(-c2ccc3c(c2)COc2cc4c(ccc5[nH]c([C@@H]6C[C@H](COC)CN6C(=O)[C@@H](NC(=O)OC)C(C)C)nc54)cc2-3)[nH]1.COC(=O)NC(C(=O)O)C(C)C. The van der Waals surface area contributed by atoms with Gasteiger partial charge in [-0.25, -0.2) is 48.7 Å². The van der Waals surface area contributed by atoms with Crippen LogP contribution in [0.5, 0.6) is 11.5 Å². The van der Waals surface area contributed by atoms with Gasteiger partial charge in [0, 0.05) is 74.1 Å². The molecule has 0 spiro atoms. The number of amides is 8. The number of likely N-dealkylation sites (tertiary alicyclic amines) is 4. The second kappa shape index (κ2) is 42.3. The van der Waals surface area contributed by atoms with Crippen LogP contribution in [0, 0.1) is 47.3 Å². The number of hydrogen-bond acceptors (Lipinski definition) is 22. The molecule has 9 N–H and O–H groups in total. The van der Waals surface area contributed by atoms with Crippen molar-refractivity contribution in [2.45, 2.75) is 203 Å². The minimum atomic E-state index is -1.06. The summed E-state index contributed by atoms with van der Waals surface area (Å²) in [5.41, 5.74) is 12.6. The molecular formula is C100H130N16O19. The lowest BCUT2D eigenvalue weighted by atomic mass is 9.92. The zero-order valence-electron chi connectivity index (χ0n) is 79.7. The summed E-state index contributed by atoms with van der Waals surface area (Å²) in [6.07, 6.45) is 5.01. The number of rotatable bonds is 24. The second-order valence-electron chi connectivity index (χ2n) is 38.0. The highest BCUT2D eigenvalue weighted by atomic mass is 16.6. The zero-order chi connectivity index (χ0) is 96.2. The lowest BCUT2D eigenvalue weighted by molar-refractivity contribution is -0.140. The Morgan fingerprint density at radius 3 is 1.23 bits per heavy atom. The number of aromatic nitrogens is 8. The van der Waals surface area contributed by atoms with Crippen molar-refractivity contribution in [3.05, 3.63) is 132 Å². The number of imidazole rings is 4. The van der Waals surface area contributed by atoms with Crippen LogP contribution in [0.3, 0.4) is 0 Å². The van der Waals surface area contributed by atoms with Crippen LogP contribution < -0.4 is 30.7 Å². The minimum Gasteiger partial charge on any atom is -0.488 e. The number of alkyl carbamates (subject to hydrolysis) is 4. The van der Waals surface area contributed by atoms with Gasteiger partial charge in [0.25, 0.3) is 0 Å². The van der Waals surface area contributed by atoms with Gasteiger partial charge in [-0.3, -0.25) is 19.3 Å². The van der Waals surface area contributed by atoms with Crippen molar-refractivity contribution in [2.24, 2.45) is 47.3 Å². The topological polar surface area (TPSA) is 433 Å². The molecule has 6 aromatic carbocycles. The van der Waals surface area contributed by atoms with E-state index in [1.54, 1.807) is 33.0 Å². The third kappa shape index (κ3) is 21.5. The zero-order valence-corrected chi connectivity index (χ0v) is 79.7. The number of ether oxygens (including phenoxy) is 9. The number of methoxy groups -OCH3 is 6. The standard InChI is InChI=1S/C47H58N8O8.C45H55N7O7.C7H13NO4.CH4/c1-9-26(5)40(53-47(59)62-8)45(57)54-20-25(4)14-36(54)42-48-19-35(50-42)29-10-12-31-30(16-29)23-63-38-18-32-28(17-33(31)38)11-13-34-41(32)51-43(49-34)37-15-27(22-60-6)21-55(37)44(56)39(24(2)3)52-46(58)61-7;1-9-25(3)38(50-43(54)57-8)42(53)51-20-24(2)14-35(51)40-46-19-34(48-40)28-10-12-30-29(16-28)23-58-37-18-31-27(17-32(30)37)11-13-33-39(31)49-41(47-33)36-15-26(22-56-7)21-52(36)44(55)59-45(4,5)6;1-4(2)5(6(9)10)8-7(11)12-3;/h10-13,16-19,24-27,36-37,39-40H,9,14-15,20-23H2,1-8H3,(H,48,50)(H,49,51)(H,52,58)(H,53,59);10-13,16-19,24-26,35-36,38H,9,14-15,20-23H2,1-8H3,(H,46,48)(H,47,49)(H,50,54);4-5H,1-3H3,(H,8,11)(H,9,10);1H4/t25-,26?,27-,36?,37-,39-,40-;24-,25?,26-,35?,36-,38-;;/m00../s1. The molecule has 0 radical (unpaired) electrons. The van der Waals surface area contributed by atoms with Crippen LogP contribution in [-0.4, -0.2) is 231 Å². The van der Waals surface area contributed by atoms with Gasteiger partial charge in [0.15, 0.2) is 0 Å². The lowest BCUT2D eigenvalue weighted by Crippen LogP contribution is -2.51. The fourth-order valence-electron chi connectivity index (χ4n) is 19.2. The van der Waals surface area contributed by atoms with Gasteiger partial charge in [-0.1, -0.05) is 126 Å². The van der Waals surface area contributed by atoms with Crippen molar-refractivity contribution in [1.29, 1.82) is 0 Å². The average Bonchev–Trinajstić information content (AvgIpc) is 1.73. The molecule has 5 unspecified atom stereocenters. The number of hydrogen-bond donors (Lipinski definition) is 9. The van der Waals surface area contributed by atoms with Gasteiger partial charge in [-0.05, 0) is 175 Å². The van der Waals surface area contributed by atoms with E-state index in [0.29, 0.717) is 70.7 Å². The van der Waals surface area contributed by atoms with E-state index in [0.717, 1.165) is 155 Å². The monoisotopic (exact) mass is 1860 g/mol. The highest BCUT2D eigenvalue weighted by molar-refractivity contribution is 6.08. The van der Waals surface area contributed by atoms with E-state index in [4.69, 9.17) is 62.9 Å². The number of aromatic amines is 4. The minimum absolute atomic E-state index is 0. The molecule has 35 heteroatoms. The third-order valence-corrected chi connectivity index (χ3v) is 26.5. The van der Waals surface area contributed by atoms with E-state index in [2.05, 4.69) is 133 Å². The Morgan fingerprint density at radius 2 is 0.844 bits per heavy atom. The Balaban J connectivity index is 0.000000203. The highest BCUT2D eigenvalue weighted by Crippen LogP contribution is 2.48. The Hall–Kier alpha value is -13.1. The Labute approximate surface area is 786 Å². The molecule has 14 atom stereocenters. The molecule has 35 nitrogen and oxygen atoms in total. The Kier molecular flexibility index (Phi) is 31.1. The molecule has 16 rings (SSSR count). The van der Waals surface area contributed by atoms with Crippen LogP contribution in [-0.2, 0) is 65.5 Å². The number of nitrogens with zero attached hydrogens (tertiary/aromatic N) is 8. The Morgan fingerprint density at radius 1 is 0.467 bits per heavy atom. The van der Waals surface area contributed by atoms with Crippen molar-refractivity contribution in [2.75, 3.05) is 82.1 Å². The van der Waals surface area contributed by atoms with Gasteiger partial charge in [-0.15, -0.1) is 0 Å². The van der Waals surface area contributed by atoms with E-state index in [1.165, 1.54) is 28.4 Å². The molecule has 0 saturated carbocycles. The fraction of sp³-hybridized carbons (Fsp3) is 0.510. The van der Waals surface area contributed by atoms with Crippen LogP contribution in [0.2, 0.25) is 0 Å². The Bertz CT molecular complexity index is 6010. The first kappa shape index (κ1) is 99.4. The number of H-pyrrole nitrogens is 4. The quantitative estimate of drug-likeness (QED) is 0.0254. The summed E-state index contributed by atoms with van der Waals surface area (Å²) in [6.45, 7) is 29.0. The normalized spacial score (nSPS) is 20.1. The number of fused-ring (bicyclic) bond motifs is 12. The average molecular weight is 1860 g/mol. The highest BCUT2D eigenvalue weighted by Gasteiger charge is 2.46. The summed E-state index contributed by atoms with van der Waals surface area (Å²) in [5.74, 6) is 3.17.